The van der Waals surface area contributed by atoms with E-state index in [1.54, 1.807) is 12.1 Å². The Morgan fingerprint density at radius 3 is 2.65 bits per heavy atom. The molecule has 2 nitrogen and oxygen atoms in total. The maximum absolute atomic E-state index is 13.8. The zero-order valence-electron chi connectivity index (χ0n) is 8.58. The van der Waals surface area contributed by atoms with Gasteiger partial charge in [0.25, 0.3) is 0 Å². The number of thiophene rings is 1. The second-order valence-electron chi connectivity index (χ2n) is 3.45. The van der Waals surface area contributed by atoms with Gasteiger partial charge in [0.1, 0.15) is 5.82 Å². The van der Waals surface area contributed by atoms with Gasteiger partial charge in [-0.1, -0.05) is 15.9 Å². The third kappa shape index (κ3) is 2.95. The zero-order valence-corrected chi connectivity index (χ0v) is 12.6. The van der Waals surface area contributed by atoms with Crippen LogP contribution in [-0.4, -0.2) is 0 Å². The predicted octanol–water partition coefficient (Wildman–Crippen LogP) is 3.96. The summed E-state index contributed by atoms with van der Waals surface area (Å²) in [5, 5.41) is 1.94. The molecular weight excluding hydrogens is 371 g/mol. The molecule has 3 N–H and O–H groups in total. The molecule has 0 fully saturated rings. The van der Waals surface area contributed by atoms with E-state index < -0.39 is 0 Å². The van der Waals surface area contributed by atoms with E-state index in [2.05, 4.69) is 37.3 Å². The highest BCUT2D eigenvalue weighted by molar-refractivity contribution is 9.11. The maximum Gasteiger partial charge on any atom is 0.128 e. The molecule has 1 heterocycles. The normalized spacial score (nSPS) is 12.7. The number of rotatable bonds is 3. The Morgan fingerprint density at radius 2 is 2.06 bits per heavy atom. The molecule has 1 unspecified atom stereocenters. The smallest absolute Gasteiger partial charge is 0.128 e. The highest BCUT2D eigenvalue weighted by Crippen LogP contribution is 2.31. The van der Waals surface area contributed by atoms with Gasteiger partial charge in [0.15, 0.2) is 0 Å². The third-order valence-corrected chi connectivity index (χ3v) is 4.37. The monoisotopic (exact) mass is 378 g/mol. The van der Waals surface area contributed by atoms with E-state index in [1.807, 2.05) is 11.4 Å². The topological polar surface area (TPSA) is 38.0 Å². The largest absolute Gasteiger partial charge is 0.271 e. The quantitative estimate of drug-likeness (QED) is 0.625. The van der Waals surface area contributed by atoms with Crippen LogP contribution in [-0.2, 0) is 0 Å². The number of benzene rings is 1. The number of nitrogens with one attached hydrogen (secondary N) is 1. The van der Waals surface area contributed by atoms with Gasteiger partial charge >= 0.3 is 0 Å². The summed E-state index contributed by atoms with van der Waals surface area (Å²) in [6.45, 7) is 0. The number of nitrogens with two attached hydrogens (primary N) is 1. The van der Waals surface area contributed by atoms with Crippen molar-refractivity contribution < 1.29 is 4.39 Å². The summed E-state index contributed by atoms with van der Waals surface area (Å²) in [6, 6.07) is 6.39. The lowest BCUT2D eigenvalue weighted by atomic mass is 10.0. The number of hydrogen-bond donors (Lipinski definition) is 2. The molecule has 0 aliphatic heterocycles. The molecule has 1 aromatic carbocycles. The molecule has 1 aromatic heterocycles. The maximum atomic E-state index is 13.8. The first-order chi connectivity index (χ1) is 8.11. The fourth-order valence-electron chi connectivity index (χ4n) is 1.58. The second-order valence-corrected chi connectivity index (χ2v) is 6.66. The van der Waals surface area contributed by atoms with Crippen LogP contribution in [0.25, 0.3) is 0 Å². The van der Waals surface area contributed by atoms with Gasteiger partial charge in [0.2, 0.25) is 0 Å². The van der Waals surface area contributed by atoms with E-state index >= 15 is 0 Å². The van der Waals surface area contributed by atoms with Gasteiger partial charge in [0, 0.05) is 10.0 Å². The van der Waals surface area contributed by atoms with Crippen molar-refractivity contribution in [1.82, 2.24) is 5.43 Å². The van der Waals surface area contributed by atoms with Crippen LogP contribution in [0.1, 0.15) is 17.2 Å². The molecule has 90 valence electrons. The molecule has 2 rings (SSSR count). The second kappa shape index (κ2) is 5.58. The summed E-state index contributed by atoms with van der Waals surface area (Å²) in [7, 11) is 0. The molecule has 17 heavy (non-hydrogen) atoms. The standard InChI is InChI=1S/C11H9Br2FN2S/c12-7-1-2-9(14)8(4-7)11(16-15)6-3-10(13)17-5-6/h1-5,11,16H,15H2. The van der Waals surface area contributed by atoms with Gasteiger partial charge in [-0.25, -0.2) is 9.82 Å². The molecule has 1 atom stereocenters. The summed E-state index contributed by atoms with van der Waals surface area (Å²) < 4.78 is 15.6. The molecule has 0 radical (unpaired) electrons. The van der Waals surface area contributed by atoms with Gasteiger partial charge in [-0.15, -0.1) is 11.3 Å². The zero-order chi connectivity index (χ0) is 12.4. The summed E-state index contributed by atoms with van der Waals surface area (Å²) in [6.07, 6.45) is 0. The van der Waals surface area contributed by atoms with Crippen LogP contribution < -0.4 is 11.3 Å². The lowest BCUT2D eigenvalue weighted by Gasteiger charge is -2.16. The summed E-state index contributed by atoms with van der Waals surface area (Å²) >= 11 is 8.25. The molecule has 0 saturated heterocycles. The van der Waals surface area contributed by atoms with E-state index in [0.29, 0.717) is 5.56 Å². The average molecular weight is 380 g/mol. The highest BCUT2D eigenvalue weighted by Gasteiger charge is 2.18. The Kier molecular flexibility index (Phi) is 4.32. The van der Waals surface area contributed by atoms with Crippen molar-refractivity contribution in [3.8, 4) is 0 Å². The van der Waals surface area contributed by atoms with E-state index in [-0.39, 0.29) is 11.9 Å². The summed E-state index contributed by atoms with van der Waals surface area (Å²) in [5.41, 5.74) is 4.09. The van der Waals surface area contributed by atoms with Gasteiger partial charge in [-0.05, 0) is 51.1 Å². The van der Waals surface area contributed by atoms with Gasteiger partial charge in [0.05, 0.1) is 9.83 Å². The summed E-state index contributed by atoms with van der Waals surface area (Å²) in [5.74, 6) is 5.24. The summed E-state index contributed by atoms with van der Waals surface area (Å²) in [4.78, 5) is 0. The third-order valence-electron chi connectivity index (χ3n) is 2.36. The molecule has 0 aliphatic rings. The minimum atomic E-state index is -0.352. The molecule has 0 saturated carbocycles. The van der Waals surface area contributed by atoms with E-state index in [1.165, 1.54) is 17.4 Å². The Morgan fingerprint density at radius 1 is 1.29 bits per heavy atom. The van der Waals surface area contributed by atoms with Crippen molar-refractivity contribution in [2.75, 3.05) is 0 Å². The molecule has 0 amide bonds. The molecule has 0 aliphatic carbocycles. The predicted molar refractivity (Wildman–Crippen MR) is 75.3 cm³/mol. The van der Waals surface area contributed by atoms with Crippen LogP contribution in [0.4, 0.5) is 4.39 Å². The Bertz CT molecular complexity index is 530. The minimum Gasteiger partial charge on any atom is -0.271 e. The van der Waals surface area contributed by atoms with Crippen molar-refractivity contribution in [2.24, 2.45) is 5.84 Å². The first-order valence-corrected chi connectivity index (χ1v) is 7.23. The fraction of sp³-hybridized carbons (Fsp3) is 0.0909. The van der Waals surface area contributed by atoms with Crippen LogP contribution in [0.15, 0.2) is 37.9 Å². The molecule has 0 bridgehead atoms. The highest BCUT2D eigenvalue weighted by atomic mass is 79.9. The van der Waals surface area contributed by atoms with Gasteiger partial charge in [-0.3, -0.25) is 5.84 Å². The van der Waals surface area contributed by atoms with Crippen molar-refractivity contribution in [1.29, 1.82) is 0 Å². The van der Waals surface area contributed by atoms with E-state index in [0.717, 1.165) is 13.8 Å². The molecule has 0 spiro atoms. The van der Waals surface area contributed by atoms with Gasteiger partial charge < -0.3 is 0 Å². The number of halogens is 3. The lowest BCUT2D eigenvalue weighted by molar-refractivity contribution is 0.560. The fourth-order valence-corrected chi connectivity index (χ4v) is 3.16. The van der Waals surface area contributed by atoms with Crippen LogP contribution in [0.2, 0.25) is 0 Å². The first-order valence-electron chi connectivity index (χ1n) is 4.77. The van der Waals surface area contributed by atoms with Crippen molar-refractivity contribution in [3.05, 3.63) is 54.8 Å². The van der Waals surface area contributed by atoms with Crippen molar-refractivity contribution >= 4 is 43.2 Å². The number of hydrazine groups is 1. The van der Waals surface area contributed by atoms with Crippen molar-refractivity contribution in [3.63, 3.8) is 0 Å². The molecule has 2 aromatic rings. The van der Waals surface area contributed by atoms with Crippen LogP contribution in [0.5, 0.6) is 0 Å². The lowest BCUT2D eigenvalue weighted by Crippen LogP contribution is -2.29. The SMILES string of the molecule is NNC(c1csc(Br)c1)c1cc(Br)ccc1F. The van der Waals surface area contributed by atoms with Crippen LogP contribution >= 0.6 is 43.2 Å². The molecule has 6 heteroatoms. The van der Waals surface area contributed by atoms with E-state index in [4.69, 9.17) is 5.84 Å². The Hall–Kier alpha value is -0.270. The van der Waals surface area contributed by atoms with Crippen molar-refractivity contribution in [2.45, 2.75) is 6.04 Å². The molecular formula is C11H9Br2FN2S. The average Bonchev–Trinajstić information content (AvgIpc) is 2.71. The minimum absolute atomic E-state index is 0.279. The Labute approximate surface area is 119 Å². The number of hydrogen-bond acceptors (Lipinski definition) is 3. The Balaban J connectivity index is 2.45. The van der Waals surface area contributed by atoms with Crippen LogP contribution in [0, 0.1) is 5.82 Å². The first kappa shape index (κ1) is 13.2. The van der Waals surface area contributed by atoms with Crippen LogP contribution in [0.3, 0.4) is 0 Å². The van der Waals surface area contributed by atoms with Gasteiger partial charge in [-0.2, -0.15) is 0 Å². The van der Waals surface area contributed by atoms with E-state index in [9.17, 15) is 4.39 Å².